The van der Waals surface area contributed by atoms with Crippen LogP contribution >= 0.6 is 23.2 Å². The molecule has 0 radical (unpaired) electrons. The third-order valence-corrected chi connectivity index (χ3v) is 4.50. The molecule has 1 heterocycles. The fraction of sp³-hybridized carbons (Fsp3) is 0.0526. The number of halogens is 2. The van der Waals surface area contributed by atoms with Crippen molar-refractivity contribution in [3.8, 4) is 11.3 Å². The number of carbonyl (C=O) groups is 1. The van der Waals surface area contributed by atoms with Crippen LogP contribution in [0.4, 0.5) is 0 Å². The van der Waals surface area contributed by atoms with Crippen LogP contribution in [0.3, 0.4) is 0 Å². The molecule has 0 saturated carbocycles. The summed E-state index contributed by atoms with van der Waals surface area (Å²) >= 11 is 12.0. The van der Waals surface area contributed by atoms with Crippen LogP contribution < -0.4 is 11.1 Å². The van der Waals surface area contributed by atoms with Gasteiger partial charge in [0.1, 0.15) is 11.3 Å². The van der Waals surface area contributed by atoms with Crippen molar-refractivity contribution in [1.82, 2.24) is 10.5 Å². The molecule has 132 valence electrons. The number of hydrogen-bond donors (Lipinski definition) is 2. The second-order valence-corrected chi connectivity index (χ2v) is 6.26. The molecule has 3 rings (SSSR count). The van der Waals surface area contributed by atoms with Crippen LogP contribution in [0, 0.1) is 0 Å². The summed E-state index contributed by atoms with van der Waals surface area (Å²) in [6.07, 6.45) is 1.55. The minimum atomic E-state index is -0.321. The lowest BCUT2D eigenvalue weighted by Crippen LogP contribution is -2.19. The topological polar surface area (TPSA) is 81.2 Å². The van der Waals surface area contributed by atoms with Gasteiger partial charge < -0.3 is 15.6 Å². The molecule has 5 nitrogen and oxygen atoms in total. The largest absolute Gasteiger partial charge is 0.398 e. The highest BCUT2D eigenvalue weighted by Gasteiger charge is 2.22. The first kappa shape index (κ1) is 18.0. The average molecular weight is 388 g/mol. The highest BCUT2D eigenvalue weighted by atomic mass is 35.5. The lowest BCUT2D eigenvalue weighted by Gasteiger charge is -2.04. The Labute approximate surface area is 160 Å². The van der Waals surface area contributed by atoms with Crippen molar-refractivity contribution in [2.24, 2.45) is 5.73 Å². The number of carbonyl (C=O) groups excluding carboxylic acids is 1. The van der Waals surface area contributed by atoms with Crippen LogP contribution in [0.15, 0.2) is 53.1 Å². The number of hydrogen-bond acceptors (Lipinski definition) is 4. The Balaban J connectivity index is 2.08. The Morgan fingerprint density at radius 3 is 2.54 bits per heavy atom. The van der Waals surface area contributed by atoms with Crippen LogP contribution in [0.5, 0.6) is 0 Å². The zero-order valence-corrected chi connectivity index (χ0v) is 15.3. The Morgan fingerprint density at radius 1 is 1.15 bits per heavy atom. The van der Waals surface area contributed by atoms with Gasteiger partial charge in [0.2, 0.25) is 0 Å². The van der Waals surface area contributed by atoms with Gasteiger partial charge in [-0.2, -0.15) is 0 Å². The standard InChI is InChI=1S/C19H15Cl2N3O2/c1-23-19(25)17-16(26-24-18(17)11-5-3-2-4-6-11)10-15(22)12-7-8-13(20)14(21)9-12/h2-10H,22H2,1H3,(H,23,25)/b15-10-. The molecular weight excluding hydrogens is 373 g/mol. The van der Waals surface area contributed by atoms with Crippen LogP contribution in [0.2, 0.25) is 10.0 Å². The summed E-state index contributed by atoms with van der Waals surface area (Å²) in [6, 6.07) is 14.3. The van der Waals surface area contributed by atoms with E-state index in [1.807, 2.05) is 30.3 Å². The van der Waals surface area contributed by atoms with Crippen molar-refractivity contribution in [2.45, 2.75) is 0 Å². The minimum absolute atomic E-state index is 0.256. The summed E-state index contributed by atoms with van der Waals surface area (Å²) in [5.41, 5.74) is 8.68. The van der Waals surface area contributed by atoms with Crippen molar-refractivity contribution in [2.75, 3.05) is 7.05 Å². The minimum Gasteiger partial charge on any atom is -0.398 e. The van der Waals surface area contributed by atoms with E-state index in [-0.39, 0.29) is 11.7 Å². The molecule has 0 aliphatic carbocycles. The SMILES string of the molecule is CNC(=O)c1c(-c2ccccc2)noc1/C=C(\N)c1ccc(Cl)c(Cl)c1. The number of nitrogens with one attached hydrogen (secondary N) is 1. The van der Waals surface area contributed by atoms with Gasteiger partial charge in [-0.1, -0.05) is 64.8 Å². The van der Waals surface area contributed by atoms with E-state index in [1.165, 1.54) is 0 Å². The van der Waals surface area contributed by atoms with Crippen LogP contribution in [0.1, 0.15) is 21.7 Å². The molecule has 0 aliphatic rings. The van der Waals surface area contributed by atoms with E-state index in [0.717, 1.165) is 5.56 Å². The molecule has 0 saturated heterocycles. The molecule has 2 aromatic carbocycles. The second kappa shape index (κ2) is 7.64. The van der Waals surface area contributed by atoms with Crippen molar-refractivity contribution in [3.05, 3.63) is 75.5 Å². The highest BCUT2D eigenvalue weighted by molar-refractivity contribution is 6.42. The van der Waals surface area contributed by atoms with E-state index in [4.69, 9.17) is 33.5 Å². The molecule has 7 heteroatoms. The van der Waals surface area contributed by atoms with Gasteiger partial charge in [0.25, 0.3) is 5.91 Å². The molecule has 0 spiro atoms. The molecule has 0 atom stereocenters. The summed E-state index contributed by atoms with van der Waals surface area (Å²) in [7, 11) is 1.54. The van der Waals surface area contributed by atoms with Gasteiger partial charge in [0.05, 0.1) is 10.0 Å². The highest BCUT2D eigenvalue weighted by Crippen LogP contribution is 2.29. The van der Waals surface area contributed by atoms with Crippen molar-refractivity contribution in [3.63, 3.8) is 0 Å². The smallest absolute Gasteiger partial charge is 0.257 e. The normalized spacial score (nSPS) is 11.4. The third kappa shape index (κ3) is 3.59. The van der Waals surface area contributed by atoms with E-state index >= 15 is 0 Å². The number of amides is 1. The van der Waals surface area contributed by atoms with Gasteiger partial charge in [0.15, 0.2) is 5.76 Å². The van der Waals surface area contributed by atoms with Crippen LogP contribution in [-0.4, -0.2) is 18.1 Å². The van der Waals surface area contributed by atoms with E-state index in [9.17, 15) is 4.79 Å². The van der Waals surface area contributed by atoms with Crippen molar-refractivity contribution >= 4 is 40.9 Å². The average Bonchev–Trinajstić information content (AvgIpc) is 3.07. The maximum absolute atomic E-state index is 12.4. The molecule has 0 bridgehead atoms. The zero-order valence-electron chi connectivity index (χ0n) is 13.8. The summed E-state index contributed by atoms with van der Waals surface area (Å²) in [5, 5.41) is 7.47. The van der Waals surface area contributed by atoms with Crippen LogP contribution in [-0.2, 0) is 0 Å². The summed E-state index contributed by atoms with van der Waals surface area (Å²) in [6.45, 7) is 0. The molecule has 0 fully saturated rings. The van der Waals surface area contributed by atoms with Gasteiger partial charge in [-0.25, -0.2) is 0 Å². The van der Waals surface area contributed by atoms with Crippen molar-refractivity contribution in [1.29, 1.82) is 0 Å². The fourth-order valence-corrected chi connectivity index (χ4v) is 2.74. The van der Waals surface area contributed by atoms with E-state index in [1.54, 1.807) is 31.3 Å². The second-order valence-electron chi connectivity index (χ2n) is 5.44. The summed E-state index contributed by atoms with van der Waals surface area (Å²) in [4.78, 5) is 12.4. The molecule has 0 aliphatic heterocycles. The Hall–Kier alpha value is -2.76. The van der Waals surface area contributed by atoms with Crippen molar-refractivity contribution < 1.29 is 9.32 Å². The summed E-state index contributed by atoms with van der Waals surface area (Å²) < 4.78 is 5.39. The van der Waals surface area contributed by atoms with Gasteiger partial charge in [-0.3, -0.25) is 4.79 Å². The quantitative estimate of drug-likeness (QED) is 0.691. The number of nitrogens with two attached hydrogens (primary N) is 1. The monoisotopic (exact) mass is 387 g/mol. The van der Waals surface area contributed by atoms with E-state index in [0.29, 0.717) is 32.6 Å². The van der Waals surface area contributed by atoms with Gasteiger partial charge in [-0.05, 0) is 17.7 Å². The Bertz CT molecular complexity index is 982. The lowest BCUT2D eigenvalue weighted by atomic mass is 10.0. The molecule has 1 aromatic heterocycles. The number of benzene rings is 2. The Morgan fingerprint density at radius 2 is 1.88 bits per heavy atom. The van der Waals surface area contributed by atoms with Gasteiger partial charge in [-0.15, -0.1) is 0 Å². The molecule has 1 amide bonds. The van der Waals surface area contributed by atoms with Gasteiger partial charge in [0, 0.05) is 24.4 Å². The molecular formula is C19H15Cl2N3O2. The predicted octanol–water partition coefficient (Wildman–Crippen LogP) is 4.46. The van der Waals surface area contributed by atoms with E-state index < -0.39 is 0 Å². The maximum atomic E-state index is 12.4. The lowest BCUT2D eigenvalue weighted by molar-refractivity contribution is 0.0963. The first-order valence-corrected chi connectivity index (χ1v) is 8.46. The third-order valence-electron chi connectivity index (χ3n) is 3.76. The molecule has 0 unspecified atom stereocenters. The zero-order chi connectivity index (χ0) is 18.7. The molecule has 3 aromatic rings. The maximum Gasteiger partial charge on any atom is 0.257 e. The number of aromatic nitrogens is 1. The first-order valence-electron chi connectivity index (χ1n) is 7.71. The summed E-state index contributed by atoms with van der Waals surface area (Å²) in [5.74, 6) is -0.0648. The predicted molar refractivity (Wildman–Crippen MR) is 104 cm³/mol. The number of nitrogens with zero attached hydrogens (tertiary/aromatic N) is 1. The number of rotatable bonds is 4. The van der Waals surface area contributed by atoms with Gasteiger partial charge >= 0.3 is 0 Å². The fourth-order valence-electron chi connectivity index (χ4n) is 2.44. The van der Waals surface area contributed by atoms with Crippen LogP contribution in [0.25, 0.3) is 23.0 Å². The molecule has 3 N–H and O–H groups in total. The molecule has 26 heavy (non-hydrogen) atoms. The Kier molecular flexibility index (Phi) is 5.30. The van der Waals surface area contributed by atoms with E-state index in [2.05, 4.69) is 10.5 Å². The first-order chi connectivity index (χ1) is 12.5.